The van der Waals surface area contributed by atoms with E-state index in [1.807, 2.05) is 13.8 Å². The summed E-state index contributed by atoms with van der Waals surface area (Å²) in [6.07, 6.45) is 7.64. The minimum Gasteiger partial charge on any atom is -0.353 e. The Labute approximate surface area is 144 Å². The van der Waals surface area contributed by atoms with Crippen LogP contribution in [0.3, 0.4) is 0 Å². The SMILES string of the molecule is Cc1nc(=O)[nH]c(C)c1CCC(=O)N[C@@H](C)[C@H](C)C1CCCCC1. The van der Waals surface area contributed by atoms with Crippen LogP contribution >= 0.6 is 0 Å². The number of hydrogen-bond acceptors (Lipinski definition) is 3. The van der Waals surface area contributed by atoms with E-state index in [1.54, 1.807) is 0 Å². The molecular formula is C19H31N3O2. The first-order chi connectivity index (χ1) is 11.4. The topological polar surface area (TPSA) is 74.8 Å². The number of rotatable bonds is 6. The van der Waals surface area contributed by atoms with Crippen LogP contribution in [0.4, 0.5) is 0 Å². The smallest absolute Gasteiger partial charge is 0.345 e. The maximum Gasteiger partial charge on any atom is 0.345 e. The quantitative estimate of drug-likeness (QED) is 0.840. The van der Waals surface area contributed by atoms with Crippen molar-refractivity contribution in [1.29, 1.82) is 0 Å². The second-order valence-corrected chi connectivity index (χ2v) is 7.34. The minimum atomic E-state index is -0.326. The molecule has 1 aliphatic rings. The molecule has 5 nitrogen and oxygen atoms in total. The average molecular weight is 333 g/mol. The fraction of sp³-hybridized carbons (Fsp3) is 0.737. The number of carbonyl (C=O) groups is 1. The van der Waals surface area contributed by atoms with Gasteiger partial charge in [0.1, 0.15) is 0 Å². The molecule has 2 atom stereocenters. The van der Waals surface area contributed by atoms with E-state index in [1.165, 1.54) is 32.1 Å². The molecule has 134 valence electrons. The first-order valence-corrected chi connectivity index (χ1v) is 9.24. The van der Waals surface area contributed by atoms with E-state index in [2.05, 4.69) is 29.1 Å². The zero-order valence-corrected chi connectivity index (χ0v) is 15.4. The van der Waals surface area contributed by atoms with Gasteiger partial charge in [-0.1, -0.05) is 39.0 Å². The van der Waals surface area contributed by atoms with Crippen LogP contribution in [0.25, 0.3) is 0 Å². The highest BCUT2D eigenvalue weighted by atomic mass is 16.1. The van der Waals surface area contributed by atoms with Crippen molar-refractivity contribution in [1.82, 2.24) is 15.3 Å². The van der Waals surface area contributed by atoms with Crippen molar-refractivity contribution in [3.8, 4) is 0 Å². The predicted molar refractivity (Wildman–Crippen MR) is 96.0 cm³/mol. The molecule has 1 saturated carbocycles. The van der Waals surface area contributed by atoms with Crippen LogP contribution in [0.2, 0.25) is 0 Å². The van der Waals surface area contributed by atoms with Gasteiger partial charge in [-0.15, -0.1) is 0 Å². The molecule has 24 heavy (non-hydrogen) atoms. The molecule has 1 amide bonds. The average Bonchev–Trinajstić information content (AvgIpc) is 2.53. The van der Waals surface area contributed by atoms with Gasteiger partial charge in [-0.05, 0) is 44.6 Å². The molecule has 0 unspecified atom stereocenters. The maximum absolute atomic E-state index is 12.3. The molecule has 1 aromatic rings. The Morgan fingerprint density at radius 1 is 1.25 bits per heavy atom. The van der Waals surface area contributed by atoms with Gasteiger partial charge in [0, 0.05) is 23.9 Å². The molecule has 5 heteroatoms. The first-order valence-electron chi connectivity index (χ1n) is 9.24. The van der Waals surface area contributed by atoms with E-state index in [0.717, 1.165) is 17.2 Å². The summed E-state index contributed by atoms with van der Waals surface area (Å²) in [4.78, 5) is 30.3. The Morgan fingerprint density at radius 3 is 2.54 bits per heavy atom. The molecule has 2 rings (SSSR count). The number of aromatic nitrogens is 2. The number of aromatic amines is 1. The van der Waals surface area contributed by atoms with Crippen molar-refractivity contribution < 1.29 is 4.79 Å². The Morgan fingerprint density at radius 2 is 1.92 bits per heavy atom. The lowest BCUT2D eigenvalue weighted by atomic mass is 9.78. The number of H-pyrrole nitrogens is 1. The van der Waals surface area contributed by atoms with Gasteiger partial charge in [0.15, 0.2) is 0 Å². The van der Waals surface area contributed by atoms with E-state index < -0.39 is 0 Å². The normalized spacial score (nSPS) is 18.2. The van der Waals surface area contributed by atoms with E-state index in [4.69, 9.17) is 0 Å². The largest absolute Gasteiger partial charge is 0.353 e. The minimum absolute atomic E-state index is 0.0789. The third-order valence-corrected chi connectivity index (χ3v) is 5.63. The van der Waals surface area contributed by atoms with Crippen LogP contribution in [0.5, 0.6) is 0 Å². The molecule has 0 bridgehead atoms. The van der Waals surface area contributed by atoms with E-state index in [0.29, 0.717) is 24.5 Å². The Hall–Kier alpha value is -1.65. The number of amides is 1. The zero-order chi connectivity index (χ0) is 17.7. The first kappa shape index (κ1) is 18.7. The molecule has 1 aliphatic carbocycles. The van der Waals surface area contributed by atoms with E-state index >= 15 is 0 Å². The van der Waals surface area contributed by atoms with Crippen molar-refractivity contribution in [3.05, 3.63) is 27.4 Å². The summed E-state index contributed by atoms with van der Waals surface area (Å²) in [5, 5.41) is 3.17. The molecular weight excluding hydrogens is 302 g/mol. The summed E-state index contributed by atoms with van der Waals surface area (Å²) < 4.78 is 0. The molecule has 0 aliphatic heterocycles. The third-order valence-electron chi connectivity index (χ3n) is 5.63. The number of hydrogen-bond donors (Lipinski definition) is 2. The number of carbonyl (C=O) groups excluding carboxylic acids is 1. The van der Waals surface area contributed by atoms with E-state index in [-0.39, 0.29) is 17.6 Å². The number of nitrogens with zero attached hydrogens (tertiary/aromatic N) is 1. The molecule has 0 spiro atoms. The summed E-state index contributed by atoms with van der Waals surface area (Å²) in [6, 6.07) is 0.205. The van der Waals surface area contributed by atoms with Crippen molar-refractivity contribution in [2.75, 3.05) is 0 Å². The molecule has 1 heterocycles. The van der Waals surface area contributed by atoms with Gasteiger partial charge < -0.3 is 10.3 Å². The van der Waals surface area contributed by atoms with Crippen LogP contribution in [0.15, 0.2) is 4.79 Å². The Balaban J connectivity index is 1.85. The van der Waals surface area contributed by atoms with Gasteiger partial charge >= 0.3 is 5.69 Å². The van der Waals surface area contributed by atoms with Crippen molar-refractivity contribution in [2.24, 2.45) is 11.8 Å². The fourth-order valence-electron chi connectivity index (χ4n) is 3.89. The highest BCUT2D eigenvalue weighted by Gasteiger charge is 2.25. The third kappa shape index (κ3) is 4.92. The number of nitrogens with one attached hydrogen (secondary N) is 2. The summed E-state index contributed by atoms with van der Waals surface area (Å²) in [7, 11) is 0. The standard InChI is InChI=1S/C19H31N3O2/c1-12(16-8-6-5-7-9-16)13(2)20-18(23)11-10-17-14(3)21-19(24)22-15(17)4/h12-13,16H,5-11H2,1-4H3,(H,20,23)(H,21,22,24)/t12-,13-/m0/s1. The van der Waals surface area contributed by atoms with E-state index in [9.17, 15) is 9.59 Å². The van der Waals surface area contributed by atoms with Crippen LogP contribution in [-0.2, 0) is 11.2 Å². The molecule has 1 fully saturated rings. The maximum atomic E-state index is 12.3. The Kier molecular flexibility index (Phi) is 6.58. The van der Waals surface area contributed by atoms with Gasteiger partial charge in [0.25, 0.3) is 0 Å². The number of aryl methyl sites for hydroxylation is 2. The molecule has 0 radical (unpaired) electrons. The van der Waals surface area contributed by atoms with Gasteiger partial charge in [0.2, 0.25) is 5.91 Å². The summed E-state index contributed by atoms with van der Waals surface area (Å²) in [5.74, 6) is 1.34. The van der Waals surface area contributed by atoms with Crippen molar-refractivity contribution in [2.45, 2.75) is 78.7 Å². The van der Waals surface area contributed by atoms with Crippen molar-refractivity contribution in [3.63, 3.8) is 0 Å². The van der Waals surface area contributed by atoms with Gasteiger partial charge in [-0.25, -0.2) is 4.79 Å². The van der Waals surface area contributed by atoms with Crippen molar-refractivity contribution >= 4 is 5.91 Å². The second-order valence-electron chi connectivity index (χ2n) is 7.34. The van der Waals surface area contributed by atoms with Gasteiger partial charge in [-0.3, -0.25) is 4.79 Å². The van der Waals surface area contributed by atoms with Crippen LogP contribution in [0, 0.1) is 25.7 Å². The highest BCUT2D eigenvalue weighted by molar-refractivity contribution is 5.76. The lowest BCUT2D eigenvalue weighted by molar-refractivity contribution is -0.122. The monoisotopic (exact) mass is 333 g/mol. The van der Waals surface area contributed by atoms with Crippen LogP contribution in [0.1, 0.15) is 69.3 Å². The van der Waals surface area contributed by atoms with Gasteiger partial charge in [0.05, 0.1) is 0 Å². The van der Waals surface area contributed by atoms with Crippen LogP contribution < -0.4 is 11.0 Å². The lowest BCUT2D eigenvalue weighted by Gasteiger charge is -2.32. The predicted octanol–water partition coefficient (Wildman–Crippen LogP) is 3.04. The summed E-state index contributed by atoms with van der Waals surface area (Å²) >= 11 is 0. The molecule has 0 saturated heterocycles. The molecule has 0 aromatic carbocycles. The highest BCUT2D eigenvalue weighted by Crippen LogP contribution is 2.31. The fourth-order valence-corrected chi connectivity index (χ4v) is 3.89. The second kappa shape index (κ2) is 8.45. The molecule has 2 N–H and O–H groups in total. The summed E-state index contributed by atoms with van der Waals surface area (Å²) in [6.45, 7) is 8.07. The molecule has 1 aromatic heterocycles. The lowest BCUT2D eigenvalue weighted by Crippen LogP contribution is -2.40. The zero-order valence-electron chi connectivity index (χ0n) is 15.4. The Bertz CT molecular complexity index is 591. The summed E-state index contributed by atoms with van der Waals surface area (Å²) in [5.41, 5.74) is 2.17. The van der Waals surface area contributed by atoms with Gasteiger partial charge in [-0.2, -0.15) is 4.98 Å². The van der Waals surface area contributed by atoms with Crippen LogP contribution in [-0.4, -0.2) is 21.9 Å².